The van der Waals surface area contributed by atoms with Crippen LogP contribution in [0.3, 0.4) is 0 Å². The molecule has 5 aromatic rings. The quantitative estimate of drug-likeness (QED) is 0.221. The van der Waals surface area contributed by atoms with E-state index in [1.165, 1.54) is 16.7 Å². The van der Waals surface area contributed by atoms with Crippen LogP contribution in [0.4, 0.5) is 0 Å². The molecule has 0 bridgehead atoms. The highest BCUT2D eigenvalue weighted by molar-refractivity contribution is 7.99. The summed E-state index contributed by atoms with van der Waals surface area (Å²) in [4.78, 5) is 9.43. The Hall–Kier alpha value is -3.37. The van der Waals surface area contributed by atoms with E-state index >= 15 is 0 Å². The first-order valence-electron chi connectivity index (χ1n) is 10.4. The van der Waals surface area contributed by atoms with Gasteiger partial charge in [-0.3, -0.25) is 0 Å². The SMILES string of the molecule is Cc1cccc(-n2cc(-c3ccccc3)c3c(S[C@@H](C)c4ccccc4)ncnc32)c1. The molecule has 0 aliphatic rings. The molecule has 0 spiro atoms. The number of aryl methyl sites for hydroxylation is 1. The fourth-order valence-corrected chi connectivity index (χ4v) is 4.95. The van der Waals surface area contributed by atoms with Crippen molar-refractivity contribution in [2.45, 2.75) is 24.1 Å². The molecule has 0 amide bonds. The Balaban J connectivity index is 1.70. The molecular formula is C27H23N3S. The molecule has 0 unspecified atom stereocenters. The van der Waals surface area contributed by atoms with Gasteiger partial charge in [0.1, 0.15) is 17.0 Å². The predicted octanol–water partition coefficient (Wildman–Crippen LogP) is 7.25. The number of benzene rings is 3. The van der Waals surface area contributed by atoms with Crippen molar-refractivity contribution < 1.29 is 0 Å². The second-order valence-corrected chi connectivity index (χ2v) is 9.00. The minimum atomic E-state index is 0.283. The Bertz CT molecular complexity index is 1330. The van der Waals surface area contributed by atoms with E-state index in [4.69, 9.17) is 9.97 Å². The maximum atomic E-state index is 4.72. The van der Waals surface area contributed by atoms with E-state index in [1.54, 1.807) is 18.1 Å². The maximum absolute atomic E-state index is 4.72. The van der Waals surface area contributed by atoms with E-state index in [-0.39, 0.29) is 5.25 Å². The van der Waals surface area contributed by atoms with Crippen LogP contribution in [0.2, 0.25) is 0 Å². The van der Waals surface area contributed by atoms with Gasteiger partial charge in [0.2, 0.25) is 0 Å². The van der Waals surface area contributed by atoms with Crippen LogP contribution >= 0.6 is 11.8 Å². The van der Waals surface area contributed by atoms with Crippen molar-refractivity contribution in [3.8, 4) is 16.8 Å². The minimum Gasteiger partial charge on any atom is -0.301 e. The molecule has 0 aliphatic heterocycles. The monoisotopic (exact) mass is 421 g/mol. The summed E-state index contributed by atoms with van der Waals surface area (Å²) in [5.41, 5.74) is 6.88. The molecule has 0 saturated heterocycles. The number of aromatic nitrogens is 3. The first-order valence-corrected chi connectivity index (χ1v) is 11.3. The molecule has 0 radical (unpaired) electrons. The summed E-state index contributed by atoms with van der Waals surface area (Å²) in [5, 5.41) is 2.39. The Morgan fingerprint density at radius 2 is 1.58 bits per heavy atom. The molecule has 0 N–H and O–H groups in total. The van der Waals surface area contributed by atoms with Crippen molar-refractivity contribution in [1.29, 1.82) is 0 Å². The van der Waals surface area contributed by atoms with Crippen molar-refractivity contribution in [1.82, 2.24) is 14.5 Å². The first kappa shape index (κ1) is 19.6. The number of hydrogen-bond acceptors (Lipinski definition) is 3. The summed E-state index contributed by atoms with van der Waals surface area (Å²) >= 11 is 1.78. The Kier molecular flexibility index (Phi) is 5.31. The third kappa shape index (κ3) is 3.87. The normalized spacial score (nSPS) is 12.2. The Morgan fingerprint density at radius 1 is 0.839 bits per heavy atom. The third-order valence-corrected chi connectivity index (χ3v) is 6.63. The zero-order valence-corrected chi connectivity index (χ0v) is 18.4. The predicted molar refractivity (Wildman–Crippen MR) is 130 cm³/mol. The largest absolute Gasteiger partial charge is 0.301 e. The number of thioether (sulfide) groups is 1. The summed E-state index contributed by atoms with van der Waals surface area (Å²) in [5.74, 6) is 0. The molecule has 5 rings (SSSR count). The van der Waals surface area contributed by atoms with Crippen LogP contribution in [0.25, 0.3) is 27.8 Å². The molecule has 31 heavy (non-hydrogen) atoms. The molecule has 0 fully saturated rings. The molecule has 0 aliphatic carbocycles. The van der Waals surface area contributed by atoms with Crippen molar-refractivity contribution in [2.75, 3.05) is 0 Å². The highest BCUT2D eigenvalue weighted by Crippen LogP contribution is 2.41. The van der Waals surface area contributed by atoms with Gasteiger partial charge in [-0.2, -0.15) is 0 Å². The third-order valence-electron chi connectivity index (χ3n) is 5.47. The van der Waals surface area contributed by atoms with Gasteiger partial charge in [-0.25, -0.2) is 9.97 Å². The lowest BCUT2D eigenvalue weighted by Crippen LogP contribution is -1.96. The molecule has 0 saturated carbocycles. The Labute approximate surface area is 186 Å². The lowest BCUT2D eigenvalue weighted by atomic mass is 10.1. The van der Waals surface area contributed by atoms with Gasteiger partial charge >= 0.3 is 0 Å². The lowest BCUT2D eigenvalue weighted by molar-refractivity contribution is 1.03. The van der Waals surface area contributed by atoms with Gasteiger partial charge in [0.25, 0.3) is 0 Å². The average Bonchev–Trinajstić information content (AvgIpc) is 3.21. The highest BCUT2D eigenvalue weighted by atomic mass is 32.2. The minimum absolute atomic E-state index is 0.283. The van der Waals surface area contributed by atoms with Crippen LogP contribution in [0.5, 0.6) is 0 Å². The van der Waals surface area contributed by atoms with Crippen LogP contribution in [0.1, 0.15) is 23.3 Å². The molecule has 3 nitrogen and oxygen atoms in total. The van der Waals surface area contributed by atoms with Gasteiger partial charge < -0.3 is 4.57 Å². The summed E-state index contributed by atoms with van der Waals surface area (Å²) in [6.45, 7) is 4.35. The van der Waals surface area contributed by atoms with E-state index in [0.29, 0.717) is 0 Å². The van der Waals surface area contributed by atoms with Crippen molar-refractivity contribution in [3.63, 3.8) is 0 Å². The standard InChI is InChI=1S/C27H23N3S/c1-19-10-9-15-23(16-19)30-17-24(22-13-7-4-8-14-22)25-26(30)28-18-29-27(25)31-20(2)21-11-5-3-6-12-21/h3-18,20H,1-2H3/t20-/m0/s1. The average molecular weight is 422 g/mol. The number of fused-ring (bicyclic) bond motifs is 1. The molecule has 1 atom stereocenters. The second kappa shape index (κ2) is 8.40. The van der Waals surface area contributed by atoms with Gasteiger partial charge in [0.15, 0.2) is 0 Å². The van der Waals surface area contributed by atoms with Crippen LogP contribution in [0, 0.1) is 6.92 Å². The molecular weight excluding hydrogens is 398 g/mol. The fraction of sp³-hybridized carbons (Fsp3) is 0.111. The lowest BCUT2D eigenvalue weighted by Gasteiger charge is -2.12. The number of rotatable bonds is 5. The van der Waals surface area contributed by atoms with E-state index in [2.05, 4.69) is 103 Å². The zero-order chi connectivity index (χ0) is 21.2. The number of nitrogens with zero attached hydrogens (tertiary/aromatic N) is 3. The molecule has 2 heterocycles. The van der Waals surface area contributed by atoms with E-state index in [1.807, 2.05) is 6.07 Å². The second-order valence-electron chi connectivity index (χ2n) is 7.67. The number of hydrogen-bond donors (Lipinski definition) is 0. The van der Waals surface area contributed by atoms with Gasteiger partial charge in [0, 0.05) is 22.7 Å². The van der Waals surface area contributed by atoms with Gasteiger partial charge in [-0.15, -0.1) is 0 Å². The topological polar surface area (TPSA) is 30.7 Å². The maximum Gasteiger partial charge on any atom is 0.149 e. The van der Waals surface area contributed by atoms with E-state index in [0.717, 1.165) is 27.3 Å². The summed E-state index contributed by atoms with van der Waals surface area (Å²) in [6.07, 6.45) is 3.88. The first-order chi connectivity index (χ1) is 15.2. The van der Waals surface area contributed by atoms with Crippen LogP contribution in [-0.4, -0.2) is 14.5 Å². The van der Waals surface area contributed by atoms with E-state index in [9.17, 15) is 0 Å². The Morgan fingerprint density at radius 3 is 2.32 bits per heavy atom. The van der Waals surface area contributed by atoms with Crippen molar-refractivity contribution in [2.24, 2.45) is 0 Å². The van der Waals surface area contributed by atoms with Gasteiger partial charge in [-0.1, -0.05) is 84.6 Å². The summed E-state index contributed by atoms with van der Waals surface area (Å²) in [6, 6.07) is 29.6. The van der Waals surface area contributed by atoms with Gasteiger partial charge in [0.05, 0.1) is 5.39 Å². The van der Waals surface area contributed by atoms with Crippen LogP contribution in [-0.2, 0) is 0 Å². The zero-order valence-electron chi connectivity index (χ0n) is 17.6. The van der Waals surface area contributed by atoms with Crippen molar-refractivity contribution >= 4 is 22.8 Å². The van der Waals surface area contributed by atoms with E-state index < -0.39 is 0 Å². The van der Waals surface area contributed by atoms with Crippen LogP contribution in [0.15, 0.2) is 102 Å². The molecule has 2 aromatic heterocycles. The molecule has 3 aromatic carbocycles. The van der Waals surface area contributed by atoms with Crippen LogP contribution < -0.4 is 0 Å². The molecule has 4 heteroatoms. The molecule has 152 valence electrons. The highest BCUT2D eigenvalue weighted by Gasteiger charge is 2.19. The summed E-state index contributed by atoms with van der Waals surface area (Å²) in [7, 11) is 0. The fourth-order valence-electron chi connectivity index (χ4n) is 3.89. The van der Waals surface area contributed by atoms with Gasteiger partial charge in [-0.05, 0) is 42.7 Å². The smallest absolute Gasteiger partial charge is 0.149 e. The van der Waals surface area contributed by atoms with Crippen molar-refractivity contribution in [3.05, 3.63) is 109 Å². The summed E-state index contributed by atoms with van der Waals surface area (Å²) < 4.78 is 2.18.